The normalized spacial score (nSPS) is 9.57. The molecule has 42 heavy (non-hydrogen) atoms. The van der Waals surface area contributed by atoms with Crippen LogP contribution in [0.5, 0.6) is 0 Å². The summed E-state index contributed by atoms with van der Waals surface area (Å²) in [6.07, 6.45) is -0.360. The molecule has 2 amide bonds. The molecule has 2 rings (SSSR count). The number of aromatic carboxylic acids is 1. The predicted octanol–water partition coefficient (Wildman–Crippen LogP) is 3.65. The first-order valence-corrected chi connectivity index (χ1v) is 12.0. The maximum Gasteiger partial charge on any atom is 0.408 e. The Bertz CT molecular complexity index is 1330. The number of carboxylic acid groups (broad SMARTS) is 1. The van der Waals surface area contributed by atoms with Crippen LogP contribution in [-0.4, -0.2) is 60.6 Å². The lowest BCUT2D eigenvalue weighted by atomic mass is 10.0. The van der Waals surface area contributed by atoms with E-state index < -0.39 is 23.6 Å². The minimum absolute atomic E-state index is 0. The van der Waals surface area contributed by atoms with Gasteiger partial charge in [0, 0.05) is 30.2 Å². The monoisotopic (exact) mass is 626 g/mol. The number of alkyl carbamates (subject to hydrolysis) is 1. The van der Waals surface area contributed by atoms with Crippen molar-refractivity contribution in [3.05, 3.63) is 58.7 Å². The lowest BCUT2D eigenvalue weighted by Gasteiger charge is -2.19. The van der Waals surface area contributed by atoms with Crippen molar-refractivity contribution >= 4 is 65.9 Å². The van der Waals surface area contributed by atoms with Crippen LogP contribution in [0.25, 0.3) is 0 Å². The fourth-order valence-electron chi connectivity index (χ4n) is 2.98. The summed E-state index contributed by atoms with van der Waals surface area (Å²) >= 11 is 0. The van der Waals surface area contributed by atoms with E-state index in [1.54, 1.807) is 32.9 Å². The molecule has 0 saturated carbocycles. The predicted molar refractivity (Wildman–Crippen MR) is 164 cm³/mol. The van der Waals surface area contributed by atoms with Crippen LogP contribution < -0.4 is 22.1 Å². The van der Waals surface area contributed by atoms with Crippen LogP contribution in [0.1, 0.15) is 70.8 Å². The molecule has 0 heterocycles. The van der Waals surface area contributed by atoms with E-state index in [1.807, 2.05) is 0 Å². The number of methoxy groups -OCH3 is 1. The number of carbonyl (C=O) groups is 5. The Morgan fingerprint density at radius 3 is 2.12 bits per heavy atom. The minimum atomic E-state index is -1.07. The van der Waals surface area contributed by atoms with E-state index in [4.69, 9.17) is 21.3 Å². The van der Waals surface area contributed by atoms with Crippen LogP contribution in [0, 0.1) is 11.8 Å². The van der Waals surface area contributed by atoms with Gasteiger partial charge in [-0.1, -0.05) is 11.8 Å². The first-order chi connectivity index (χ1) is 18.7. The van der Waals surface area contributed by atoms with Crippen LogP contribution in [0.2, 0.25) is 0 Å². The Morgan fingerprint density at radius 1 is 1.00 bits per heavy atom. The summed E-state index contributed by atoms with van der Waals surface area (Å²) in [6.45, 7) is 6.97. The molecule has 14 heteroatoms. The third-order valence-electron chi connectivity index (χ3n) is 4.66. The molecule has 0 aliphatic heterocycles. The highest BCUT2D eigenvalue weighted by Crippen LogP contribution is 2.18. The second-order valence-electron chi connectivity index (χ2n) is 9.16. The second kappa shape index (κ2) is 18.9. The van der Waals surface area contributed by atoms with Crippen molar-refractivity contribution in [3.63, 3.8) is 0 Å². The van der Waals surface area contributed by atoms with Gasteiger partial charge in [0.1, 0.15) is 5.60 Å². The molecule has 0 aliphatic carbocycles. The Kier molecular flexibility index (Phi) is 18.0. The summed E-state index contributed by atoms with van der Waals surface area (Å²) in [5.74, 6) is 3.54. The van der Waals surface area contributed by atoms with Gasteiger partial charge in [-0.2, -0.15) is 0 Å². The highest BCUT2D eigenvalue weighted by atomic mass is 35.5. The molecule has 0 atom stereocenters. The fraction of sp³-hybridized carbons (Fsp3) is 0.321. The molecule has 12 nitrogen and oxygen atoms in total. The van der Waals surface area contributed by atoms with Crippen molar-refractivity contribution in [2.45, 2.75) is 39.7 Å². The lowest BCUT2D eigenvalue weighted by Crippen LogP contribution is -2.32. The summed E-state index contributed by atoms with van der Waals surface area (Å²) in [6, 6.07) is 8.66. The van der Waals surface area contributed by atoms with Crippen molar-refractivity contribution in [3.8, 4) is 11.8 Å². The summed E-state index contributed by atoms with van der Waals surface area (Å²) in [5, 5.41) is 13.8. The van der Waals surface area contributed by atoms with E-state index in [2.05, 4.69) is 27.2 Å². The number of ketones is 1. The average Bonchev–Trinajstić information content (AvgIpc) is 2.85. The van der Waals surface area contributed by atoms with Gasteiger partial charge >= 0.3 is 18.0 Å². The van der Waals surface area contributed by atoms with Gasteiger partial charge in [0.25, 0.3) is 0 Å². The van der Waals surface area contributed by atoms with Gasteiger partial charge in [0.2, 0.25) is 5.91 Å². The summed E-state index contributed by atoms with van der Waals surface area (Å²) in [4.78, 5) is 56.5. The Morgan fingerprint density at radius 2 is 1.62 bits per heavy atom. The van der Waals surface area contributed by atoms with Crippen molar-refractivity contribution in [1.82, 2.24) is 5.32 Å². The van der Waals surface area contributed by atoms with Gasteiger partial charge in [0.15, 0.2) is 5.78 Å². The van der Waals surface area contributed by atoms with Gasteiger partial charge in [-0.25, -0.2) is 14.4 Å². The lowest BCUT2D eigenvalue weighted by molar-refractivity contribution is -0.114. The van der Waals surface area contributed by atoms with Crippen LogP contribution in [0.15, 0.2) is 36.4 Å². The number of nitrogens with two attached hydrogens (primary N) is 2. The number of rotatable bonds is 7. The molecule has 230 valence electrons. The summed E-state index contributed by atoms with van der Waals surface area (Å²) < 4.78 is 9.75. The highest BCUT2D eigenvalue weighted by molar-refractivity contribution is 6.02. The van der Waals surface area contributed by atoms with Gasteiger partial charge in [-0.15, -0.1) is 24.8 Å². The zero-order valence-corrected chi connectivity index (χ0v) is 25.5. The third-order valence-corrected chi connectivity index (χ3v) is 4.66. The molecule has 0 fully saturated rings. The molecule has 0 aliphatic rings. The van der Waals surface area contributed by atoms with Gasteiger partial charge in [-0.3, -0.25) is 9.59 Å². The number of ether oxygens (including phenoxy) is 2. The Labute approximate surface area is 256 Å². The second-order valence-corrected chi connectivity index (χ2v) is 9.16. The third kappa shape index (κ3) is 14.4. The Balaban J connectivity index is 0. The summed E-state index contributed by atoms with van der Waals surface area (Å²) in [5.41, 5.74) is 12.0. The average molecular weight is 628 g/mol. The van der Waals surface area contributed by atoms with Crippen molar-refractivity contribution < 1.29 is 38.6 Å². The van der Waals surface area contributed by atoms with Crippen molar-refractivity contribution in [2.75, 3.05) is 31.2 Å². The molecule has 2 aromatic carbocycles. The number of carboxylic acids is 1. The standard InChI is InChI=1S/C18H22N2O5.C10H12N2O3.2ClH/c1-12(21)20-15-11-14(16(22)24-5)9-8-13(15)7-6-10-19-17(23)25-18(2,3)4;11-4-3-9(13)7-2-1-6(10(14)15)5-8(7)12;;/h8-9,11H,10H2,1-5H3,(H,19,23)(H,20,21);1-2,5H,3-4,11-12H2,(H,14,15);2*1H. The molecule has 0 spiro atoms. The number of Topliss-reactive ketones (excluding diaryl/α,β-unsaturated/α-hetero) is 1. The topological polar surface area (TPSA) is 200 Å². The van der Waals surface area contributed by atoms with E-state index >= 15 is 0 Å². The van der Waals surface area contributed by atoms with E-state index in [9.17, 15) is 24.0 Å². The number of halogens is 2. The number of nitrogens with one attached hydrogen (secondary N) is 2. The Hall–Kier alpha value is -4.31. The maximum atomic E-state index is 11.6. The van der Waals surface area contributed by atoms with E-state index in [0.717, 1.165) is 0 Å². The van der Waals surface area contributed by atoms with Crippen molar-refractivity contribution in [1.29, 1.82) is 0 Å². The quantitative estimate of drug-likeness (QED) is 0.131. The minimum Gasteiger partial charge on any atom is -0.478 e. The van der Waals surface area contributed by atoms with Crippen LogP contribution in [0.4, 0.5) is 16.2 Å². The number of carbonyl (C=O) groups excluding carboxylic acids is 4. The molecular weight excluding hydrogens is 591 g/mol. The van der Waals surface area contributed by atoms with Crippen LogP contribution in [-0.2, 0) is 14.3 Å². The largest absolute Gasteiger partial charge is 0.478 e. The number of hydrogen-bond acceptors (Lipinski definition) is 9. The van der Waals surface area contributed by atoms with E-state index in [1.165, 1.54) is 38.3 Å². The van der Waals surface area contributed by atoms with Gasteiger partial charge in [-0.05, 0) is 63.7 Å². The number of amides is 2. The van der Waals surface area contributed by atoms with Crippen LogP contribution >= 0.6 is 24.8 Å². The first-order valence-electron chi connectivity index (χ1n) is 12.0. The number of anilines is 2. The highest BCUT2D eigenvalue weighted by Gasteiger charge is 2.15. The molecule has 0 bridgehead atoms. The molecule has 0 radical (unpaired) electrons. The van der Waals surface area contributed by atoms with Gasteiger partial charge in [0.05, 0.1) is 30.5 Å². The first kappa shape index (κ1) is 39.8. The molecular formula is C28H36Cl2N4O8. The molecule has 0 saturated heterocycles. The van der Waals surface area contributed by atoms with Crippen molar-refractivity contribution in [2.24, 2.45) is 5.73 Å². The molecule has 0 aromatic heterocycles. The number of hydrogen-bond donors (Lipinski definition) is 5. The van der Waals surface area contributed by atoms with E-state index in [-0.39, 0.29) is 67.3 Å². The summed E-state index contributed by atoms with van der Waals surface area (Å²) in [7, 11) is 1.27. The molecule has 2 aromatic rings. The van der Waals surface area contributed by atoms with E-state index in [0.29, 0.717) is 22.4 Å². The number of benzene rings is 2. The number of esters is 1. The molecule has 0 unspecified atom stereocenters. The van der Waals surface area contributed by atoms with Gasteiger partial charge < -0.3 is 36.7 Å². The van der Waals surface area contributed by atoms with Crippen LogP contribution in [0.3, 0.4) is 0 Å². The maximum absolute atomic E-state index is 11.6. The SMILES string of the molecule is COC(=O)c1ccc(C#CCNC(=O)OC(C)(C)C)c(NC(C)=O)c1.Cl.Cl.NCCC(=O)c1ccc(C(=O)O)cc1N. The number of nitrogen functional groups attached to an aromatic ring is 1. The zero-order chi connectivity index (χ0) is 30.5. The fourth-order valence-corrected chi connectivity index (χ4v) is 2.98. The molecule has 7 N–H and O–H groups in total. The zero-order valence-electron chi connectivity index (χ0n) is 23.9. The smallest absolute Gasteiger partial charge is 0.408 e.